The summed E-state index contributed by atoms with van der Waals surface area (Å²) >= 11 is 5.50. The Bertz CT molecular complexity index is 626. The summed E-state index contributed by atoms with van der Waals surface area (Å²) in [5.41, 5.74) is -0.144. The number of hydrogen-bond donors (Lipinski definition) is 2. The van der Waals surface area contributed by atoms with Crippen LogP contribution in [0.1, 0.15) is 17.7 Å². The van der Waals surface area contributed by atoms with Crippen LogP contribution in [0.15, 0.2) is 30.7 Å². The van der Waals surface area contributed by atoms with Crippen molar-refractivity contribution < 1.29 is 18.0 Å². The lowest BCUT2D eigenvalue weighted by molar-refractivity contribution is -0.137. The quantitative estimate of drug-likeness (QED) is 0.904. The van der Waals surface area contributed by atoms with Crippen LogP contribution in [0.4, 0.5) is 18.9 Å². The van der Waals surface area contributed by atoms with Gasteiger partial charge in [-0.2, -0.15) is 13.2 Å². The average Bonchev–Trinajstić information content (AvgIpc) is 2.90. The van der Waals surface area contributed by atoms with E-state index in [0.29, 0.717) is 6.42 Å². The number of aromatic amines is 1. The van der Waals surface area contributed by atoms with E-state index in [9.17, 15) is 18.0 Å². The fourth-order valence-electron chi connectivity index (χ4n) is 1.71. The third kappa shape index (κ3) is 4.22. The van der Waals surface area contributed by atoms with Crippen LogP contribution in [0.25, 0.3) is 0 Å². The lowest BCUT2D eigenvalue weighted by Crippen LogP contribution is -2.14. The summed E-state index contributed by atoms with van der Waals surface area (Å²) < 4.78 is 38.1. The van der Waals surface area contributed by atoms with Crippen molar-refractivity contribution in [1.29, 1.82) is 0 Å². The molecule has 1 amide bonds. The van der Waals surface area contributed by atoms with Gasteiger partial charge in [-0.05, 0) is 24.6 Å². The zero-order valence-electron chi connectivity index (χ0n) is 10.7. The Hall–Kier alpha value is -2.02. The molecule has 21 heavy (non-hydrogen) atoms. The van der Waals surface area contributed by atoms with Crippen molar-refractivity contribution in [2.45, 2.75) is 19.0 Å². The third-order valence-electron chi connectivity index (χ3n) is 2.73. The Labute approximate surface area is 123 Å². The molecule has 1 aromatic heterocycles. The van der Waals surface area contributed by atoms with Crippen molar-refractivity contribution in [3.05, 3.63) is 47.0 Å². The Kier molecular flexibility index (Phi) is 4.52. The molecule has 0 radical (unpaired) electrons. The Balaban J connectivity index is 2.01. The van der Waals surface area contributed by atoms with Gasteiger partial charge in [0.25, 0.3) is 0 Å². The van der Waals surface area contributed by atoms with Crippen LogP contribution >= 0.6 is 11.6 Å². The summed E-state index contributed by atoms with van der Waals surface area (Å²) in [7, 11) is 0. The Morgan fingerprint density at radius 1 is 1.38 bits per heavy atom. The van der Waals surface area contributed by atoms with E-state index in [4.69, 9.17) is 11.6 Å². The van der Waals surface area contributed by atoms with E-state index < -0.39 is 16.8 Å². The molecule has 0 saturated carbocycles. The van der Waals surface area contributed by atoms with E-state index in [0.717, 1.165) is 17.8 Å². The maximum atomic E-state index is 12.7. The van der Waals surface area contributed by atoms with E-state index in [1.165, 1.54) is 12.4 Å². The first-order chi connectivity index (χ1) is 9.86. The van der Waals surface area contributed by atoms with Crippen LogP contribution in [-0.2, 0) is 17.4 Å². The summed E-state index contributed by atoms with van der Waals surface area (Å²) in [6.45, 7) is 0. The minimum Gasteiger partial charge on any atom is -0.348 e. The van der Waals surface area contributed by atoms with Gasteiger partial charge in [0.15, 0.2) is 0 Å². The maximum absolute atomic E-state index is 12.7. The van der Waals surface area contributed by atoms with Crippen molar-refractivity contribution >= 4 is 23.2 Å². The highest BCUT2D eigenvalue weighted by Gasteiger charge is 2.33. The second-order valence-electron chi connectivity index (χ2n) is 4.32. The number of benzene rings is 1. The molecule has 2 rings (SSSR count). The second kappa shape index (κ2) is 6.17. The molecule has 112 valence electrons. The zero-order valence-corrected chi connectivity index (χ0v) is 11.4. The number of amides is 1. The number of alkyl halides is 3. The first-order valence-corrected chi connectivity index (χ1v) is 6.38. The Morgan fingerprint density at radius 2 is 2.14 bits per heavy atom. The van der Waals surface area contributed by atoms with Gasteiger partial charge in [0.1, 0.15) is 0 Å². The highest BCUT2D eigenvalue weighted by molar-refractivity contribution is 6.31. The summed E-state index contributed by atoms with van der Waals surface area (Å²) in [6, 6.07) is 3.25. The molecular weight excluding hydrogens is 307 g/mol. The number of imidazole rings is 1. The van der Waals surface area contributed by atoms with Gasteiger partial charge in [-0.3, -0.25) is 4.79 Å². The molecule has 0 aliphatic rings. The van der Waals surface area contributed by atoms with Gasteiger partial charge < -0.3 is 10.3 Å². The molecule has 2 N–H and O–H groups in total. The fourth-order valence-corrected chi connectivity index (χ4v) is 1.94. The number of carbonyl (C=O) groups excluding carboxylic acids is 1. The molecule has 0 saturated heterocycles. The molecular formula is C13H11ClF3N3O. The van der Waals surface area contributed by atoms with E-state index >= 15 is 0 Å². The van der Waals surface area contributed by atoms with Crippen LogP contribution in [0, 0.1) is 0 Å². The highest BCUT2D eigenvalue weighted by Crippen LogP contribution is 2.36. The summed E-state index contributed by atoms with van der Waals surface area (Å²) in [6.07, 6.45) is -0.940. The fraction of sp³-hybridized carbons (Fsp3) is 0.231. The smallest absolute Gasteiger partial charge is 0.348 e. The van der Waals surface area contributed by atoms with Crippen LogP contribution in [0.3, 0.4) is 0 Å². The molecule has 0 bridgehead atoms. The van der Waals surface area contributed by atoms with Gasteiger partial charge in [-0.25, -0.2) is 4.98 Å². The van der Waals surface area contributed by atoms with Crippen LogP contribution in [-0.4, -0.2) is 15.9 Å². The second-order valence-corrected chi connectivity index (χ2v) is 4.72. The number of rotatable bonds is 4. The molecule has 0 fully saturated rings. The van der Waals surface area contributed by atoms with Gasteiger partial charge in [0.2, 0.25) is 5.91 Å². The minimum atomic E-state index is -4.56. The van der Waals surface area contributed by atoms with Gasteiger partial charge >= 0.3 is 6.18 Å². The van der Waals surface area contributed by atoms with Gasteiger partial charge in [-0.1, -0.05) is 11.6 Å². The third-order valence-corrected chi connectivity index (χ3v) is 3.06. The predicted molar refractivity (Wildman–Crippen MR) is 72.0 cm³/mol. The first kappa shape index (κ1) is 15.4. The van der Waals surface area contributed by atoms with Gasteiger partial charge in [-0.15, -0.1) is 0 Å². The topological polar surface area (TPSA) is 57.8 Å². The van der Waals surface area contributed by atoms with Gasteiger partial charge in [0.05, 0.1) is 16.9 Å². The number of halogens is 4. The molecule has 8 heteroatoms. The standard InChI is InChI=1S/C13H11ClF3N3O/c14-11-3-1-8(5-10(11)13(15,16)17)20-12(21)4-2-9-6-18-7-19-9/h1,3,5-7H,2,4H2,(H,18,19)(H,20,21). The number of anilines is 1. The monoisotopic (exact) mass is 317 g/mol. The normalized spacial score (nSPS) is 11.4. The highest BCUT2D eigenvalue weighted by atomic mass is 35.5. The maximum Gasteiger partial charge on any atom is 0.417 e. The number of aryl methyl sites for hydroxylation is 1. The minimum absolute atomic E-state index is 0.0568. The van der Waals surface area contributed by atoms with Crippen LogP contribution in [0.5, 0.6) is 0 Å². The molecule has 0 atom stereocenters. The van der Waals surface area contributed by atoms with E-state index in [1.54, 1.807) is 6.20 Å². The number of carbonyl (C=O) groups is 1. The average molecular weight is 318 g/mol. The van der Waals surface area contributed by atoms with Gasteiger partial charge in [0, 0.05) is 24.0 Å². The predicted octanol–water partition coefficient (Wildman–Crippen LogP) is 3.65. The van der Waals surface area contributed by atoms with Crippen LogP contribution in [0.2, 0.25) is 5.02 Å². The van der Waals surface area contributed by atoms with E-state index in [2.05, 4.69) is 15.3 Å². The SMILES string of the molecule is O=C(CCc1cnc[nH]1)Nc1ccc(Cl)c(C(F)(F)F)c1. The zero-order chi connectivity index (χ0) is 15.5. The van der Waals surface area contributed by atoms with E-state index in [1.807, 2.05) is 0 Å². The Morgan fingerprint density at radius 3 is 2.76 bits per heavy atom. The summed E-state index contributed by atoms with van der Waals surface area (Å²) in [4.78, 5) is 18.3. The molecule has 1 aromatic carbocycles. The molecule has 1 heterocycles. The molecule has 0 unspecified atom stereocenters. The summed E-state index contributed by atoms with van der Waals surface area (Å²) in [5.74, 6) is -0.389. The number of aromatic nitrogens is 2. The number of nitrogens with zero attached hydrogens (tertiary/aromatic N) is 1. The van der Waals surface area contributed by atoms with Crippen molar-refractivity contribution in [2.75, 3.05) is 5.32 Å². The number of hydrogen-bond acceptors (Lipinski definition) is 2. The lowest BCUT2D eigenvalue weighted by atomic mass is 10.2. The molecule has 2 aromatic rings. The molecule has 4 nitrogen and oxygen atoms in total. The first-order valence-electron chi connectivity index (χ1n) is 6.00. The molecule has 0 aliphatic heterocycles. The summed E-state index contributed by atoms with van der Waals surface area (Å²) in [5, 5.41) is 2.01. The van der Waals surface area contributed by atoms with Crippen molar-refractivity contribution in [3.63, 3.8) is 0 Å². The molecule has 0 spiro atoms. The van der Waals surface area contributed by atoms with Crippen molar-refractivity contribution in [1.82, 2.24) is 9.97 Å². The lowest BCUT2D eigenvalue weighted by Gasteiger charge is -2.11. The largest absolute Gasteiger partial charge is 0.417 e. The number of H-pyrrole nitrogens is 1. The van der Waals surface area contributed by atoms with Crippen molar-refractivity contribution in [2.24, 2.45) is 0 Å². The van der Waals surface area contributed by atoms with Crippen molar-refractivity contribution in [3.8, 4) is 0 Å². The van der Waals surface area contributed by atoms with E-state index in [-0.39, 0.29) is 18.0 Å². The van der Waals surface area contributed by atoms with Crippen LogP contribution < -0.4 is 5.32 Å². The number of nitrogens with one attached hydrogen (secondary N) is 2. The molecule has 0 aliphatic carbocycles.